The zero-order chi connectivity index (χ0) is 16.4. The maximum atomic E-state index is 5.47. The topological polar surface area (TPSA) is 82.6 Å². The minimum absolute atomic E-state index is 0.380. The van der Waals surface area contributed by atoms with E-state index in [2.05, 4.69) is 20.3 Å². The molecule has 7 heteroatoms. The van der Waals surface area contributed by atoms with Crippen LogP contribution in [0.2, 0.25) is 0 Å². The Hall–Kier alpha value is -3.22. The molecule has 0 saturated heterocycles. The summed E-state index contributed by atoms with van der Waals surface area (Å²) in [6, 6.07) is 11.3. The number of oxime groups is 1. The fraction of sp³-hybridized carbons (Fsp3) is 0.176. The summed E-state index contributed by atoms with van der Waals surface area (Å²) in [6.07, 6.45) is 3.54. The average molecular weight is 322 g/mol. The fourth-order valence-corrected chi connectivity index (χ4v) is 2.47. The van der Waals surface area contributed by atoms with Gasteiger partial charge in [-0.15, -0.1) is 0 Å². The number of aromatic nitrogens is 3. The number of hydrogen-bond donors (Lipinski definition) is 0. The molecule has 24 heavy (non-hydrogen) atoms. The first-order valence-corrected chi connectivity index (χ1v) is 7.44. The summed E-state index contributed by atoms with van der Waals surface area (Å²) >= 11 is 0. The molecule has 3 aromatic rings. The highest BCUT2D eigenvalue weighted by molar-refractivity contribution is 6.01. The lowest BCUT2D eigenvalue weighted by Gasteiger charge is -2.03. The molecule has 7 nitrogen and oxygen atoms in total. The summed E-state index contributed by atoms with van der Waals surface area (Å²) in [7, 11) is 1.63. The first kappa shape index (κ1) is 14.4. The van der Waals surface area contributed by atoms with Gasteiger partial charge in [-0.1, -0.05) is 22.4 Å². The molecular weight excluding hydrogens is 308 g/mol. The van der Waals surface area contributed by atoms with Crippen molar-refractivity contribution < 1.29 is 14.1 Å². The third kappa shape index (κ3) is 2.71. The number of hydrogen-bond acceptors (Lipinski definition) is 7. The molecule has 0 amide bonds. The van der Waals surface area contributed by atoms with Gasteiger partial charge in [0, 0.05) is 29.9 Å². The normalized spacial score (nSPS) is 16.5. The van der Waals surface area contributed by atoms with Crippen molar-refractivity contribution in [1.29, 1.82) is 0 Å². The highest BCUT2D eigenvalue weighted by Crippen LogP contribution is 2.30. The van der Waals surface area contributed by atoms with Crippen molar-refractivity contribution in [1.82, 2.24) is 15.1 Å². The van der Waals surface area contributed by atoms with Gasteiger partial charge in [0.15, 0.2) is 0 Å². The van der Waals surface area contributed by atoms with Crippen molar-refractivity contribution in [2.75, 3.05) is 7.11 Å². The zero-order valence-electron chi connectivity index (χ0n) is 12.9. The van der Waals surface area contributed by atoms with Gasteiger partial charge in [0.1, 0.15) is 5.75 Å². The van der Waals surface area contributed by atoms with E-state index >= 15 is 0 Å². The highest BCUT2D eigenvalue weighted by Gasteiger charge is 2.29. The first-order valence-electron chi connectivity index (χ1n) is 7.44. The van der Waals surface area contributed by atoms with Crippen molar-refractivity contribution in [3.63, 3.8) is 0 Å². The second-order valence-corrected chi connectivity index (χ2v) is 5.26. The molecule has 1 aromatic carbocycles. The zero-order valence-corrected chi connectivity index (χ0v) is 12.9. The molecule has 0 aliphatic carbocycles. The third-order valence-electron chi connectivity index (χ3n) is 3.73. The molecule has 2 aromatic heterocycles. The Morgan fingerprint density at radius 2 is 2.00 bits per heavy atom. The minimum Gasteiger partial charge on any atom is -0.497 e. The Morgan fingerprint density at radius 1 is 1.12 bits per heavy atom. The number of benzene rings is 1. The summed E-state index contributed by atoms with van der Waals surface area (Å²) in [5.74, 6) is 1.69. The average Bonchev–Trinajstić information content (AvgIpc) is 3.32. The summed E-state index contributed by atoms with van der Waals surface area (Å²) in [5.41, 5.74) is 2.61. The van der Waals surface area contributed by atoms with Crippen molar-refractivity contribution in [2.24, 2.45) is 5.16 Å². The Labute approximate surface area is 137 Å². The van der Waals surface area contributed by atoms with Crippen LogP contribution in [0, 0.1) is 0 Å². The predicted octanol–water partition coefficient (Wildman–Crippen LogP) is 3.01. The molecule has 0 bridgehead atoms. The molecular formula is C17H14N4O3. The van der Waals surface area contributed by atoms with Crippen LogP contribution in [0.5, 0.6) is 5.75 Å². The fourth-order valence-electron chi connectivity index (χ4n) is 2.47. The van der Waals surface area contributed by atoms with Crippen LogP contribution in [-0.4, -0.2) is 27.9 Å². The highest BCUT2D eigenvalue weighted by atomic mass is 16.7. The van der Waals surface area contributed by atoms with Crippen LogP contribution in [0.3, 0.4) is 0 Å². The van der Waals surface area contributed by atoms with Crippen LogP contribution in [0.15, 0.2) is 58.5 Å². The monoisotopic (exact) mass is 322 g/mol. The molecule has 4 rings (SSSR count). The smallest absolute Gasteiger partial charge is 0.271 e. The van der Waals surface area contributed by atoms with Crippen LogP contribution in [-0.2, 0) is 4.84 Å². The third-order valence-corrected chi connectivity index (χ3v) is 3.73. The molecule has 120 valence electrons. The molecule has 0 saturated carbocycles. The summed E-state index contributed by atoms with van der Waals surface area (Å²) < 4.78 is 10.6. The SMILES string of the molecule is COc1cccc(C2=NO[C@H](c3nc(-c4ccncc4)no3)C2)c1. The number of rotatable bonds is 4. The maximum Gasteiger partial charge on any atom is 0.271 e. The molecule has 1 aliphatic heterocycles. The first-order chi connectivity index (χ1) is 11.8. The Balaban J connectivity index is 1.51. The molecule has 1 atom stereocenters. The Bertz CT molecular complexity index is 876. The van der Waals surface area contributed by atoms with Crippen molar-refractivity contribution >= 4 is 5.71 Å². The van der Waals surface area contributed by atoms with Gasteiger partial charge in [-0.2, -0.15) is 4.98 Å². The summed E-state index contributed by atoms with van der Waals surface area (Å²) in [6.45, 7) is 0. The number of nitrogens with zero attached hydrogens (tertiary/aromatic N) is 4. The largest absolute Gasteiger partial charge is 0.497 e. The molecule has 0 N–H and O–H groups in total. The molecule has 1 aliphatic rings. The number of ether oxygens (including phenoxy) is 1. The van der Waals surface area contributed by atoms with E-state index < -0.39 is 0 Å². The summed E-state index contributed by atoms with van der Waals surface area (Å²) in [4.78, 5) is 13.8. The second-order valence-electron chi connectivity index (χ2n) is 5.26. The lowest BCUT2D eigenvalue weighted by atomic mass is 10.0. The Kier molecular flexibility index (Phi) is 3.66. The Morgan fingerprint density at radius 3 is 2.83 bits per heavy atom. The van der Waals surface area contributed by atoms with Gasteiger partial charge in [-0.3, -0.25) is 4.98 Å². The van der Waals surface area contributed by atoms with E-state index in [1.54, 1.807) is 19.5 Å². The van der Waals surface area contributed by atoms with E-state index in [1.807, 2.05) is 36.4 Å². The molecule has 0 fully saturated rings. The van der Waals surface area contributed by atoms with Gasteiger partial charge < -0.3 is 14.1 Å². The van der Waals surface area contributed by atoms with Crippen molar-refractivity contribution in [2.45, 2.75) is 12.5 Å². The molecule has 0 radical (unpaired) electrons. The van der Waals surface area contributed by atoms with Gasteiger partial charge in [-0.25, -0.2) is 0 Å². The quantitative estimate of drug-likeness (QED) is 0.734. The van der Waals surface area contributed by atoms with Crippen LogP contribution in [0.1, 0.15) is 24.0 Å². The predicted molar refractivity (Wildman–Crippen MR) is 85.5 cm³/mol. The standard InChI is InChI=1S/C17H14N4O3/c1-22-13-4-2-3-12(9-13)14-10-15(23-20-14)17-19-16(21-24-17)11-5-7-18-8-6-11/h2-9,15H,10H2,1H3/t15-/m0/s1. The van der Waals surface area contributed by atoms with Gasteiger partial charge >= 0.3 is 0 Å². The van der Waals surface area contributed by atoms with Gasteiger partial charge in [0.2, 0.25) is 11.9 Å². The van der Waals surface area contributed by atoms with E-state index in [1.165, 1.54) is 0 Å². The van der Waals surface area contributed by atoms with Crippen LogP contribution >= 0.6 is 0 Å². The lowest BCUT2D eigenvalue weighted by Crippen LogP contribution is -2.02. The summed E-state index contributed by atoms with van der Waals surface area (Å²) in [5, 5.41) is 8.14. The minimum atomic E-state index is -0.380. The van der Waals surface area contributed by atoms with E-state index in [0.29, 0.717) is 18.1 Å². The van der Waals surface area contributed by atoms with Crippen LogP contribution in [0.4, 0.5) is 0 Å². The molecule has 0 spiro atoms. The van der Waals surface area contributed by atoms with E-state index in [0.717, 1.165) is 22.6 Å². The van der Waals surface area contributed by atoms with Crippen LogP contribution < -0.4 is 4.74 Å². The van der Waals surface area contributed by atoms with E-state index in [9.17, 15) is 0 Å². The number of pyridine rings is 1. The van der Waals surface area contributed by atoms with Crippen molar-refractivity contribution in [3.8, 4) is 17.1 Å². The number of methoxy groups -OCH3 is 1. The molecule has 0 unspecified atom stereocenters. The second kappa shape index (κ2) is 6.11. The molecule has 3 heterocycles. The van der Waals surface area contributed by atoms with E-state index in [4.69, 9.17) is 14.1 Å². The van der Waals surface area contributed by atoms with E-state index in [-0.39, 0.29) is 6.10 Å². The van der Waals surface area contributed by atoms with Crippen LogP contribution in [0.25, 0.3) is 11.4 Å². The van der Waals surface area contributed by atoms with Crippen molar-refractivity contribution in [3.05, 3.63) is 60.2 Å². The maximum absolute atomic E-state index is 5.47. The van der Waals surface area contributed by atoms with Gasteiger partial charge in [-0.05, 0) is 24.3 Å². The lowest BCUT2D eigenvalue weighted by molar-refractivity contribution is 0.0599. The van der Waals surface area contributed by atoms with Gasteiger partial charge in [0.25, 0.3) is 5.89 Å². The van der Waals surface area contributed by atoms with Gasteiger partial charge in [0.05, 0.1) is 12.8 Å².